The summed E-state index contributed by atoms with van der Waals surface area (Å²) in [4.78, 5) is 22.6. The molecule has 0 spiro atoms. The number of rotatable bonds is 6. The van der Waals surface area contributed by atoms with Crippen LogP contribution in [0.25, 0.3) is 0 Å². The van der Waals surface area contributed by atoms with Gasteiger partial charge in [-0.3, -0.25) is 9.69 Å². The summed E-state index contributed by atoms with van der Waals surface area (Å²) < 4.78 is 0. The summed E-state index contributed by atoms with van der Waals surface area (Å²) in [6.07, 6.45) is 0. The van der Waals surface area contributed by atoms with Gasteiger partial charge in [0.25, 0.3) is 0 Å². The fourth-order valence-corrected chi connectivity index (χ4v) is 2.44. The Hall–Kier alpha value is -1.56. The van der Waals surface area contributed by atoms with Gasteiger partial charge in [0.2, 0.25) is 5.91 Å². The standard InChI is InChI=1S/C17H33N5O/c1-14(2)11-18-17(19-12-16(23)20(5)6)22-9-7-21(8-10-22)13-15(3)4/h15H,1,7-13H2,2-6H3,(H,18,19). The summed E-state index contributed by atoms with van der Waals surface area (Å²) in [5.74, 6) is 1.51. The molecule has 1 heterocycles. The molecule has 0 aromatic rings. The second-order valence-electron chi connectivity index (χ2n) is 6.92. The first-order chi connectivity index (χ1) is 10.8. The predicted molar refractivity (Wildman–Crippen MR) is 96.7 cm³/mol. The van der Waals surface area contributed by atoms with Crippen molar-refractivity contribution in [1.29, 1.82) is 0 Å². The average molecular weight is 323 g/mol. The van der Waals surface area contributed by atoms with E-state index in [2.05, 4.69) is 40.5 Å². The molecule has 1 rings (SSSR count). The third kappa shape index (κ3) is 7.50. The Bertz CT molecular complexity index is 423. The van der Waals surface area contributed by atoms with Crippen LogP contribution in [-0.4, -0.2) is 86.5 Å². The zero-order chi connectivity index (χ0) is 17.4. The minimum absolute atomic E-state index is 0.0121. The van der Waals surface area contributed by atoms with Gasteiger partial charge in [-0.15, -0.1) is 0 Å². The number of hydrogen-bond donors (Lipinski definition) is 1. The van der Waals surface area contributed by atoms with Gasteiger partial charge in [0.05, 0.1) is 0 Å². The van der Waals surface area contributed by atoms with Crippen molar-refractivity contribution in [3.8, 4) is 0 Å². The first kappa shape index (κ1) is 19.5. The Kier molecular flexibility index (Phi) is 8.09. The van der Waals surface area contributed by atoms with E-state index in [4.69, 9.17) is 0 Å². The molecule has 6 nitrogen and oxygen atoms in total. The summed E-state index contributed by atoms with van der Waals surface area (Å²) in [5.41, 5.74) is 1.05. The summed E-state index contributed by atoms with van der Waals surface area (Å²) in [6.45, 7) is 16.3. The van der Waals surface area contributed by atoms with Gasteiger partial charge in [-0.25, -0.2) is 4.99 Å². The number of hydrogen-bond acceptors (Lipinski definition) is 3. The highest BCUT2D eigenvalue weighted by Gasteiger charge is 2.20. The number of carbonyl (C=O) groups excluding carboxylic acids is 1. The molecule has 1 saturated heterocycles. The number of carbonyl (C=O) groups is 1. The van der Waals surface area contributed by atoms with E-state index in [1.807, 2.05) is 6.92 Å². The molecule has 1 aliphatic rings. The fraction of sp³-hybridized carbons (Fsp3) is 0.765. The molecular formula is C17H33N5O. The molecule has 0 unspecified atom stereocenters. The minimum Gasteiger partial charge on any atom is -0.353 e. The van der Waals surface area contributed by atoms with Crippen LogP contribution < -0.4 is 5.32 Å². The van der Waals surface area contributed by atoms with Gasteiger partial charge >= 0.3 is 0 Å². The van der Waals surface area contributed by atoms with E-state index in [0.29, 0.717) is 12.5 Å². The number of guanidine groups is 1. The minimum atomic E-state index is 0.0121. The van der Waals surface area contributed by atoms with Crippen molar-refractivity contribution in [3.05, 3.63) is 12.2 Å². The molecule has 1 aliphatic heterocycles. The Morgan fingerprint density at radius 1 is 1.26 bits per heavy atom. The zero-order valence-corrected chi connectivity index (χ0v) is 15.4. The molecule has 0 aromatic heterocycles. The predicted octanol–water partition coefficient (Wildman–Crippen LogP) is 0.870. The van der Waals surface area contributed by atoms with E-state index in [1.165, 1.54) is 0 Å². The highest BCUT2D eigenvalue weighted by molar-refractivity contribution is 5.85. The van der Waals surface area contributed by atoms with E-state index in [0.717, 1.165) is 44.3 Å². The van der Waals surface area contributed by atoms with Crippen LogP contribution in [0.15, 0.2) is 17.1 Å². The third-order valence-corrected chi connectivity index (χ3v) is 3.71. The van der Waals surface area contributed by atoms with Crippen LogP contribution in [0.1, 0.15) is 20.8 Å². The first-order valence-corrected chi connectivity index (χ1v) is 8.39. The molecule has 0 aromatic carbocycles. The van der Waals surface area contributed by atoms with Gasteiger partial charge in [-0.2, -0.15) is 0 Å². The zero-order valence-electron chi connectivity index (χ0n) is 15.4. The average Bonchev–Trinajstić information content (AvgIpc) is 2.47. The molecular weight excluding hydrogens is 290 g/mol. The van der Waals surface area contributed by atoms with Crippen LogP contribution in [-0.2, 0) is 4.79 Å². The van der Waals surface area contributed by atoms with Crippen LogP contribution in [0.4, 0.5) is 0 Å². The van der Waals surface area contributed by atoms with Gasteiger partial charge in [-0.1, -0.05) is 26.0 Å². The number of piperazine rings is 1. The molecule has 0 atom stereocenters. The van der Waals surface area contributed by atoms with Gasteiger partial charge in [0, 0.05) is 53.4 Å². The molecule has 6 heteroatoms. The van der Waals surface area contributed by atoms with Crippen molar-refractivity contribution < 1.29 is 4.79 Å². The number of nitrogens with one attached hydrogen (secondary N) is 1. The smallest absolute Gasteiger partial charge is 0.243 e. The van der Waals surface area contributed by atoms with E-state index in [-0.39, 0.29) is 12.5 Å². The lowest BCUT2D eigenvalue weighted by Gasteiger charge is -2.37. The number of likely N-dealkylation sites (N-methyl/N-ethyl adjacent to an activating group) is 1. The Balaban J connectivity index is 2.63. The van der Waals surface area contributed by atoms with Gasteiger partial charge in [0.1, 0.15) is 6.54 Å². The number of aliphatic imine (C=N–C) groups is 1. The number of amides is 1. The second kappa shape index (κ2) is 9.55. The van der Waals surface area contributed by atoms with Crippen molar-refractivity contribution in [1.82, 2.24) is 20.0 Å². The molecule has 132 valence electrons. The molecule has 0 radical (unpaired) electrons. The maximum atomic E-state index is 11.8. The van der Waals surface area contributed by atoms with Crippen LogP contribution >= 0.6 is 0 Å². The number of nitrogens with zero attached hydrogens (tertiary/aromatic N) is 4. The molecule has 0 saturated carbocycles. The van der Waals surface area contributed by atoms with Crippen LogP contribution in [0, 0.1) is 5.92 Å². The molecule has 23 heavy (non-hydrogen) atoms. The quantitative estimate of drug-likeness (QED) is 0.448. The highest BCUT2D eigenvalue weighted by atomic mass is 16.2. The summed E-state index contributed by atoms with van der Waals surface area (Å²) in [5, 5.41) is 3.33. The summed E-state index contributed by atoms with van der Waals surface area (Å²) in [7, 11) is 3.51. The molecule has 1 fully saturated rings. The van der Waals surface area contributed by atoms with E-state index >= 15 is 0 Å². The highest BCUT2D eigenvalue weighted by Crippen LogP contribution is 2.06. The monoisotopic (exact) mass is 323 g/mol. The second-order valence-corrected chi connectivity index (χ2v) is 6.92. The van der Waals surface area contributed by atoms with Crippen molar-refractivity contribution in [3.63, 3.8) is 0 Å². The van der Waals surface area contributed by atoms with Crippen molar-refractivity contribution in [2.45, 2.75) is 20.8 Å². The normalized spacial score (nSPS) is 16.6. The molecule has 1 amide bonds. The fourth-order valence-electron chi connectivity index (χ4n) is 2.44. The summed E-state index contributed by atoms with van der Waals surface area (Å²) >= 11 is 0. The summed E-state index contributed by atoms with van der Waals surface area (Å²) in [6, 6.07) is 0. The lowest BCUT2D eigenvalue weighted by Crippen LogP contribution is -2.53. The Morgan fingerprint density at radius 3 is 2.35 bits per heavy atom. The van der Waals surface area contributed by atoms with Gasteiger partial charge in [0.15, 0.2) is 5.96 Å². The maximum absolute atomic E-state index is 11.8. The van der Waals surface area contributed by atoms with Gasteiger partial charge < -0.3 is 15.1 Å². The third-order valence-electron chi connectivity index (χ3n) is 3.71. The van der Waals surface area contributed by atoms with Gasteiger partial charge in [-0.05, 0) is 12.8 Å². The Labute approximate surface area is 141 Å². The van der Waals surface area contributed by atoms with E-state index in [9.17, 15) is 4.79 Å². The maximum Gasteiger partial charge on any atom is 0.243 e. The molecule has 0 aliphatic carbocycles. The van der Waals surface area contributed by atoms with Crippen molar-refractivity contribution in [2.24, 2.45) is 10.9 Å². The SMILES string of the molecule is C=C(C)CNC(=NCC(=O)N(C)C)N1CCN(CC(C)C)CC1. The van der Waals surface area contributed by atoms with E-state index < -0.39 is 0 Å². The molecule has 1 N–H and O–H groups in total. The van der Waals surface area contributed by atoms with Crippen LogP contribution in [0.5, 0.6) is 0 Å². The van der Waals surface area contributed by atoms with Crippen LogP contribution in [0.2, 0.25) is 0 Å². The molecule has 0 bridgehead atoms. The largest absolute Gasteiger partial charge is 0.353 e. The van der Waals surface area contributed by atoms with E-state index in [1.54, 1.807) is 19.0 Å². The van der Waals surface area contributed by atoms with Crippen molar-refractivity contribution in [2.75, 3.05) is 59.9 Å². The lowest BCUT2D eigenvalue weighted by atomic mass is 10.2. The lowest BCUT2D eigenvalue weighted by molar-refractivity contribution is -0.127. The topological polar surface area (TPSA) is 51.2 Å². The first-order valence-electron chi connectivity index (χ1n) is 8.39. The Morgan fingerprint density at radius 2 is 1.87 bits per heavy atom. The van der Waals surface area contributed by atoms with Crippen LogP contribution in [0.3, 0.4) is 0 Å². The van der Waals surface area contributed by atoms with Crippen molar-refractivity contribution >= 4 is 11.9 Å².